The van der Waals surface area contributed by atoms with Gasteiger partial charge in [0.2, 0.25) is 22.9 Å². The van der Waals surface area contributed by atoms with Crippen molar-refractivity contribution >= 4 is 40.2 Å². The minimum atomic E-state index is -0.178. The lowest BCUT2D eigenvalue weighted by molar-refractivity contribution is 0.103. The molecule has 13 heteroatoms. The van der Waals surface area contributed by atoms with Crippen molar-refractivity contribution in [3.05, 3.63) is 75.8 Å². The normalized spacial score (nSPS) is 12.8. The largest absolute Gasteiger partial charge is 0.287 e. The first-order chi connectivity index (χ1) is 17.9. The van der Waals surface area contributed by atoms with Crippen LogP contribution in [0.1, 0.15) is 37.9 Å². The van der Waals surface area contributed by atoms with Gasteiger partial charge in [0.1, 0.15) is 22.8 Å². The number of hydrogen-bond donors (Lipinski definition) is 0. The fraction of sp³-hybridized carbons (Fsp3) is 0.0833. The van der Waals surface area contributed by atoms with Crippen molar-refractivity contribution in [3.63, 3.8) is 0 Å². The number of rotatable bonds is 0. The van der Waals surface area contributed by atoms with E-state index in [1.165, 1.54) is 9.31 Å². The first-order valence-electron chi connectivity index (χ1n) is 11.1. The molecule has 0 N–H and O–H groups in total. The Kier molecular flexibility index (Phi) is 4.33. The summed E-state index contributed by atoms with van der Waals surface area (Å²) in [6.45, 7) is 1.78. The Morgan fingerprint density at radius 1 is 0.703 bits per heavy atom. The maximum Gasteiger partial charge on any atom is 0.272 e. The number of fused-ring (bicyclic) bond motifs is 8. The number of nitrogens with zero attached hydrogens (tertiary/aromatic N) is 10. The summed E-state index contributed by atoms with van der Waals surface area (Å²) in [5.41, 5.74) is 5.41. The molecule has 0 saturated heterocycles. The monoisotopic (exact) mass is 508 g/mol. The molecule has 0 spiro atoms. The lowest BCUT2D eigenvalue weighted by atomic mass is 10.1. The Labute approximate surface area is 212 Å². The third-order valence-corrected chi connectivity index (χ3v) is 6.33. The van der Waals surface area contributed by atoms with Crippen molar-refractivity contribution in [2.24, 2.45) is 7.05 Å². The van der Waals surface area contributed by atoms with Gasteiger partial charge in [-0.15, -0.1) is 20.4 Å². The smallest absolute Gasteiger partial charge is 0.272 e. The van der Waals surface area contributed by atoms with Crippen LogP contribution in [0, 0.1) is 6.92 Å². The fourth-order valence-corrected chi connectivity index (χ4v) is 4.59. The molecule has 0 amide bonds. The zero-order valence-corrected chi connectivity index (χ0v) is 20.0. The molecule has 2 aliphatic rings. The van der Waals surface area contributed by atoms with Crippen LogP contribution in [0.4, 0.5) is 0 Å². The first kappa shape index (κ1) is 21.3. The number of benzene rings is 2. The molecule has 0 unspecified atom stereocenters. The molecule has 0 fully saturated rings. The number of carbonyl (C=O) groups is 2. The van der Waals surface area contributed by atoms with E-state index in [0.29, 0.717) is 61.8 Å². The minimum Gasteiger partial charge on any atom is -0.287 e. The lowest BCUT2D eigenvalue weighted by Crippen LogP contribution is -2.04. The van der Waals surface area contributed by atoms with Gasteiger partial charge in [-0.1, -0.05) is 41.9 Å². The molecule has 4 heterocycles. The second-order valence-electron chi connectivity index (χ2n) is 8.42. The Balaban J connectivity index is 0.000000125. The van der Waals surface area contributed by atoms with Gasteiger partial charge in [-0.05, 0) is 19.1 Å². The fourth-order valence-electron chi connectivity index (χ4n) is 4.42. The Hall–Kier alpha value is -4.97. The van der Waals surface area contributed by atoms with E-state index in [1.807, 2.05) is 18.2 Å². The van der Waals surface area contributed by atoms with E-state index in [9.17, 15) is 9.59 Å². The van der Waals surface area contributed by atoms with Crippen molar-refractivity contribution < 1.29 is 9.59 Å². The van der Waals surface area contributed by atoms with Gasteiger partial charge in [0, 0.05) is 34.3 Å². The summed E-state index contributed by atoms with van der Waals surface area (Å²) in [5, 5.41) is 20.9. The van der Waals surface area contributed by atoms with Gasteiger partial charge in [0.15, 0.2) is 5.82 Å². The van der Waals surface area contributed by atoms with Gasteiger partial charge in [-0.2, -0.15) is 14.4 Å². The summed E-state index contributed by atoms with van der Waals surface area (Å²) in [4.78, 5) is 38.7. The van der Waals surface area contributed by atoms with Crippen LogP contribution in [-0.4, -0.2) is 61.3 Å². The molecule has 12 nitrogen and oxygen atoms in total. The van der Waals surface area contributed by atoms with Gasteiger partial charge in [-0.25, -0.2) is 15.0 Å². The van der Waals surface area contributed by atoms with Gasteiger partial charge < -0.3 is 0 Å². The second-order valence-corrected chi connectivity index (χ2v) is 8.86. The summed E-state index contributed by atoms with van der Waals surface area (Å²) < 4.78 is 1.52. The Bertz CT molecular complexity index is 1980. The van der Waals surface area contributed by atoms with Crippen LogP contribution in [0.2, 0.25) is 5.02 Å². The van der Waals surface area contributed by atoms with Gasteiger partial charge in [-0.3, -0.25) is 9.59 Å². The van der Waals surface area contributed by atoms with Gasteiger partial charge >= 0.3 is 0 Å². The number of aromatic nitrogens is 10. The summed E-state index contributed by atoms with van der Waals surface area (Å²) in [6.07, 6.45) is 0. The van der Waals surface area contributed by atoms with E-state index >= 15 is 0 Å². The van der Waals surface area contributed by atoms with Crippen molar-refractivity contribution in [3.8, 4) is 22.5 Å². The van der Waals surface area contributed by atoms with E-state index < -0.39 is 0 Å². The highest BCUT2D eigenvalue weighted by Crippen LogP contribution is 2.36. The molecule has 0 aliphatic heterocycles. The molecule has 6 aromatic rings. The Morgan fingerprint density at radius 3 is 2.14 bits per heavy atom. The maximum absolute atomic E-state index is 12.3. The molecule has 8 rings (SSSR count). The van der Waals surface area contributed by atoms with Gasteiger partial charge in [0.25, 0.3) is 5.78 Å². The van der Waals surface area contributed by atoms with Crippen molar-refractivity contribution in [2.75, 3.05) is 0 Å². The summed E-state index contributed by atoms with van der Waals surface area (Å²) in [6, 6.07) is 12.5. The van der Waals surface area contributed by atoms with Crippen LogP contribution in [0.3, 0.4) is 0 Å². The molecule has 37 heavy (non-hydrogen) atoms. The maximum atomic E-state index is 12.3. The van der Waals surface area contributed by atoms with Crippen molar-refractivity contribution in [1.29, 1.82) is 0 Å². The third-order valence-electron chi connectivity index (χ3n) is 6.09. The number of carbonyl (C=O) groups excluding carboxylic acids is 2. The molecule has 0 bridgehead atoms. The zero-order valence-electron chi connectivity index (χ0n) is 19.2. The summed E-state index contributed by atoms with van der Waals surface area (Å²) in [5.74, 6) is 0.674. The van der Waals surface area contributed by atoms with E-state index in [1.54, 1.807) is 38.2 Å². The number of ketones is 2. The average Bonchev–Trinajstić information content (AvgIpc) is 3.60. The van der Waals surface area contributed by atoms with Crippen molar-refractivity contribution in [1.82, 2.24) is 49.8 Å². The zero-order chi connectivity index (χ0) is 25.4. The molecule has 0 saturated carbocycles. The predicted octanol–water partition coefficient (Wildman–Crippen LogP) is 2.66. The molecular formula is C24H13ClN10O2. The highest BCUT2D eigenvalue weighted by molar-refractivity contribution is 6.32. The van der Waals surface area contributed by atoms with Crippen LogP contribution in [0.25, 0.3) is 39.6 Å². The van der Waals surface area contributed by atoms with E-state index in [-0.39, 0.29) is 11.6 Å². The quantitative estimate of drug-likeness (QED) is 0.299. The number of halogens is 1. The number of hydrogen-bond acceptors (Lipinski definition) is 10. The third kappa shape index (κ3) is 3.09. The topological polar surface area (TPSA) is 147 Å². The molecule has 0 radical (unpaired) electrons. The highest BCUT2D eigenvalue weighted by atomic mass is 35.5. The van der Waals surface area contributed by atoms with Crippen LogP contribution < -0.4 is 0 Å². The van der Waals surface area contributed by atoms with Crippen LogP contribution >= 0.6 is 11.6 Å². The predicted molar refractivity (Wildman–Crippen MR) is 130 cm³/mol. The molecule has 2 aliphatic carbocycles. The van der Waals surface area contributed by atoms with Crippen molar-refractivity contribution in [2.45, 2.75) is 6.92 Å². The second kappa shape index (κ2) is 7.51. The molecule has 0 atom stereocenters. The number of aryl methyl sites for hydroxylation is 2. The highest BCUT2D eigenvalue weighted by Gasteiger charge is 2.32. The first-order valence-corrected chi connectivity index (χ1v) is 11.4. The van der Waals surface area contributed by atoms with Crippen LogP contribution in [0.5, 0.6) is 0 Å². The van der Waals surface area contributed by atoms with Crippen LogP contribution in [0.15, 0.2) is 42.5 Å². The summed E-state index contributed by atoms with van der Waals surface area (Å²) >= 11 is 5.92. The molecular weight excluding hydrogens is 496 g/mol. The van der Waals surface area contributed by atoms with E-state index in [4.69, 9.17) is 11.6 Å². The minimum absolute atomic E-state index is 0.0966. The molecule has 178 valence electrons. The van der Waals surface area contributed by atoms with Gasteiger partial charge in [0.05, 0.1) is 0 Å². The molecule has 4 aromatic heterocycles. The lowest BCUT2D eigenvalue weighted by Gasteiger charge is -1.99. The molecule has 2 aromatic carbocycles. The Morgan fingerprint density at radius 2 is 1.35 bits per heavy atom. The van der Waals surface area contributed by atoms with E-state index in [2.05, 4.69) is 40.4 Å². The van der Waals surface area contributed by atoms with E-state index in [0.717, 1.165) is 11.1 Å². The standard InChI is InChI=1S/C12H6ClN5O.C12H7N5O/c1-5-15-16-12-14-10-9(17-18(5)12)7-3-2-6(13)4-8(7)11(10)19;1-17-15-11-12(16-17)14-9-8(13-11)6-4-2-3-5-7(6)10(9)18/h2-4H,1H3;2-5H,1H3. The van der Waals surface area contributed by atoms with Crippen LogP contribution in [-0.2, 0) is 7.05 Å². The average molecular weight is 509 g/mol. The SMILES string of the molecule is Cc1nnc2nc3c(nn12)-c1ccc(Cl)cc1C3=O.Cn1nc2nc3c(nc2n1)-c1ccccc1C3=O. The summed E-state index contributed by atoms with van der Waals surface area (Å²) in [7, 11) is 1.70.